The average molecular weight is 739 g/mol. The van der Waals surface area contributed by atoms with Crippen molar-refractivity contribution in [2.75, 3.05) is 27.9 Å². The standard InChI is InChI=1S/C52H54N2S/c1-4-14-49-51(37(2)3)55(33-11-12-34-55)50-19-8-7-18-48(50)54(49)41-25-22-38(23-26-41)20-21-39-24-28-43-44-29-27-42(53-32-13-16-40-15-5-6-17-47(40)53)36-46(44)52(45(43)35-39)30-9-10-31-52/h4-8,14-15,17-29,35-37H,9-13,16,30-34H2,1-3H3. The molecule has 10 rings (SSSR count). The van der Waals surface area contributed by atoms with Crippen molar-refractivity contribution >= 4 is 44.9 Å². The summed E-state index contributed by atoms with van der Waals surface area (Å²) in [5.74, 6) is 3.18. The van der Waals surface area contributed by atoms with Gasteiger partial charge in [0.1, 0.15) is 0 Å². The van der Waals surface area contributed by atoms with Crippen molar-refractivity contribution in [3.05, 3.63) is 160 Å². The molecule has 1 saturated heterocycles. The third-order valence-corrected chi connectivity index (χ3v) is 18.1. The SMILES string of the molecule is CC=CC1=C(C(C)C)S2(CCCC2)c2ccccc2N1c1ccc(C=Cc2ccc3c(c2)C2(CCCC2)c2cc(N4CCCc5ccccc54)ccc2-3)cc1. The van der Waals surface area contributed by atoms with Crippen LogP contribution in [0.25, 0.3) is 23.3 Å². The Kier molecular flexibility index (Phi) is 8.70. The van der Waals surface area contributed by atoms with Gasteiger partial charge in [-0.25, -0.2) is 0 Å². The van der Waals surface area contributed by atoms with E-state index in [0.717, 1.165) is 6.54 Å². The third-order valence-electron chi connectivity index (χ3n) is 13.4. The number of rotatable bonds is 6. The van der Waals surface area contributed by atoms with Crippen molar-refractivity contribution in [2.24, 2.45) is 5.92 Å². The van der Waals surface area contributed by atoms with E-state index in [-0.39, 0.29) is 5.41 Å². The first kappa shape index (κ1) is 34.7. The van der Waals surface area contributed by atoms with Crippen LogP contribution in [-0.4, -0.2) is 18.1 Å². The zero-order valence-electron chi connectivity index (χ0n) is 32.9. The van der Waals surface area contributed by atoms with Crippen molar-refractivity contribution in [2.45, 2.75) is 82.4 Å². The molecule has 2 aliphatic carbocycles. The first-order valence-corrected chi connectivity index (χ1v) is 23.0. The summed E-state index contributed by atoms with van der Waals surface area (Å²) in [6.45, 7) is 8.10. The van der Waals surface area contributed by atoms with Crippen molar-refractivity contribution in [3.63, 3.8) is 0 Å². The van der Waals surface area contributed by atoms with Crippen LogP contribution in [0.5, 0.6) is 0 Å². The number of nitrogens with zero attached hydrogens (tertiary/aromatic N) is 2. The molecule has 3 heteroatoms. The minimum atomic E-state index is -0.997. The van der Waals surface area contributed by atoms with Gasteiger partial charge in [0.05, 0.1) is 11.4 Å². The minimum Gasteiger partial charge on any atom is -0.341 e. The van der Waals surface area contributed by atoms with Crippen LogP contribution < -0.4 is 9.80 Å². The van der Waals surface area contributed by atoms with Crippen LogP contribution in [0.3, 0.4) is 0 Å². The lowest BCUT2D eigenvalue weighted by molar-refractivity contribution is 0.549. The summed E-state index contributed by atoms with van der Waals surface area (Å²) < 4.78 is 0. The fourth-order valence-corrected chi connectivity index (χ4v) is 16.2. The summed E-state index contributed by atoms with van der Waals surface area (Å²) in [4.78, 5) is 8.42. The molecule has 0 atom stereocenters. The predicted molar refractivity (Wildman–Crippen MR) is 238 cm³/mol. The van der Waals surface area contributed by atoms with Crippen LogP contribution in [0.15, 0.2) is 137 Å². The molecule has 3 aliphatic heterocycles. The zero-order chi connectivity index (χ0) is 37.1. The second kappa shape index (κ2) is 13.8. The Bertz CT molecular complexity index is 2360. The molecule has 5 aromatic rings. The molecule has 0 N–H and O–H groups in total. The molecular formula is C52H54N2S. The molecule has 0 unspecified atom stereocenters. The molecule has 0 radical (unpaired) electrons. The lowest BCUT2D eigenvalue weighted by Gasteiger charge is -2.50. The van der Waals surface area contributed by atoms with Crippen LogP contribution in [0, 0.1) is 5.92 Å². The van der Waals surface area contributed by atoms with Gasteiger partial charge in [-0.05, 0) is 155 Å². The molecule has 2 spiro atoms. The summed E-state index contributed by atoms with van der Waals surface area (Å²) in [7, 11) is -0.997. The van der Waals surface area contributed by atoms with Gasteiger partial charge in [0.2, 0.25) is 0 Å². The lowest BCUT2D eigenvalue weighted by Crippen LogP contribution is -2.28. The number of allylic oxidation sites excluding steroid dienone is 3. The first-order valence-electron chi connectivity index (χ1n) is 21.0. The van der Waals surface area contributed by atoms with E-state index < -0.39 is 10.0 Å². The van der Waals surface area contributed by atoms with E-state index in [9.17, 15) is 0 Å². The summed E-state index contributed by atoms with van der Waals surface area (Å²) in [6, 6.07) is 42.3. The molecule has 3 heterocycles. The van der Waals surface area contributed by atoms with Crippen molar-refractivity contribution < 1.29 is 0 Å². The Morgan fingerprint density at radius 2 is 1.29 bits per heavy atom. The third kappa shape index (κ3) is 5.52. The molecule has 0 aromatic heterocycles. The molecule has 5 aliphatic rings. The van der Waals surface area contributed by atoms with E-state index in [2.05, 4.69) is 164 Å². The Hall–Kier alpha value is -4.73. The van der Waals surface area contributed by atoms with Crippen molar-refractivity contribution in [1.29, 1.82) is 0 Å². The Balaban J connectivity index is 0.963. The van der Waals surface area contributed by atoms with E-state index in [0.29, 0.717) is 5.92 Å². The Morgan fingerprint density at radius 3 is 2.05 bits per heavy atom. The molecule has 0 bridgehead atoms. The van der Waals surface area contributed by atoms with Gasteiger partial charge in [-0.15, -0.1) is 0 Å². The van der Waals surface area contributed by atoms with Gasteiger partial charge in [-0.3, -0.25) is 0 Å². The van der Waals surface area contributed by atoms with Gasteiger partial charge >= 0.3 is 0 Å². The number of anilines is 4. The van der Waals surface area contributed by atoms with Gasteiger partial charge in [-0.1, -0.05) is 112 Å². The lowest BCUT2D eigenvalue weighted by atomic mass is 9.76. The van der Waals surface area contributed by atoms with Crippen LogP contribution in [0.2, 0.25) is 0 Å². The van der Waals surface area contributed by atoms with Gasteiger partial charge in [0.15, 0.2) is 0 Å². The van der Waals surface area contributed by atoms with Gasteiger partial charge in [0.25, 0.3) is 0 Å². The molecule has 1 saturated carbocycles. The monoisotopic (exact) mass is 738 g/mol. The van der Waals surface area contributed by atoms with E-state index in [1.807, 2.05) is 0 Å². The molecular weight excluding hydrogens is 685 g/mol. The van der Waals surface area contributed by atoms with Gasteiger partial charge in [0, 0.05) is 33.9 Å². The largest absolute Gasteiger partial charge is 0.341 e. The minimum absolute atomic E-state index is 0.123. The molecule has 2 nitrogen and oxygen atoms in total. The highest BCUT2D eigenvalue weighted by molar-refractivity contribution is 8.37. The maximum Gasteiger partial charge on any atom is 0.0585 e. The molecule has 0 amide bonds. The Labute approximate surface area is 330 Å². The Morgan fingerprint density at radius 1 is 0.636 bits per heavy atom. The normalized spacial score (nSPS) is 19.9. The summed E-state index contributed by atoms with van der Waals surface area (Å²) >= 11 is 0. The fourth-order valence-electron chi connectivity index (χ4n) is 11.1. The highest BCUT2D eigenvalue weighted by Crippen LogP contribution is 2.73. The van der Waals surface area contributed by atoms with Crippen molar-refractivity contribution in [3.8, 4) is 11.1 Å². The molecule has 2 fully saturated rings. The first-order chi connectivity index (χ1) is 27.0. The van der Waals surface area contributed by atoms with Gasteiger partial charge in [-0.2, -0.15) is 10.0 Å². The number of aryl methyl sites for hydroxylation is 1. The molecule has 55 heavy (non-hydrogen) atoms. The average Bonchev–Trinajstić information content (AvgIpc) is 3.97. The van der Waals surface area contributed by atoms with Crippen LogP contribution in [0.4, 0.5) is 22.7 Å². The number of fused-ring (bicyclic) bond motifs is 8. The second-order valence-electron chi connectivity index (χ2n) is 16.8. The zero-order valence-corrected chi connectivity index (χ0v) is 33.7. The van der Waals surface area contributed by atoms with Crippen LogP contribution in [-0.2, 0) is 11.8 Å². The van der Waals surface area contributed by atoms with Crippen LogP contribution in [0.1, 0.15) is 93.5 Å². The van der Waals surface area contributed by atoms with E-state index >= 15 is 0 Å². The summed E-state index contributed by atoms with van der Waals surface area (Å²) in [6.07, 6.45) is 19.4. The number of hydrogen-bond acceptors (Lipinski definition) is 2. The maximum absolute atomic E-state index is 2.57. The molecule has 278 valence electrons. The second-order valence-corrected chi connectivity index (χ2v) is 20.3. The number of benzene rings is 5. The number of para-hydroxylation sites is 2. The quantitative estimate of drug-likeness (QED) is 0.160. The molecule has 5 aromatic carbocycles. The van der Waals surface area contributed by atoms with E-state index in [1.54, 1.807) is 20.9 Å². The maximum atomic E-state index is 2.57. The van der Waals surface area contributed by atoms with E-state index in [4.69, 9.17) is 0 Å². The highest BCUT2D eigenvalue weighted by Gasteiger charge is 2.46. The fraction of sp³-hybridized carbons (Fsp3) is 0.308. The highest BCUT2D eigenvalue weighted by atomic mass is 32.3. The predicted octanol–water partition coefficient (Wildman–Crippen LogP) is 14.3. The van der Waals surface area contributed by atoms with Crippen molar-refractivity contribution in [1.82, 2.24) is 0 Å². The number of hydrogen-bond donors (Lipinski definition) is 0. The smallest absolute Gasteiger partial charge is 0.0585 e. The summed E-state index contributed by atoms with van der Waals surface area (Å²) in [5.41, 5.74) is 16.9. The summed E-state index contributed by atoms with van der Waals surface area (Å²) in [5, 5.41) is 0. The van der Waals surface area contributed by atoms with Gasteiger partial charge < -0.3 is 9.80 Å². The van der Waals surface area contributed by atoms with Crippen LogP contribution >= 0.6 is 10.0 Å². The van der Waals surface area contributed by atoms with E-state index in [1.165, 1.54) is 119 Å². The topological polar surface area (TPSA) is 6.48 Å².